The molecule has 6 heteroatoms. The zero-order valence-electron chi connectivity index (χ0n) is 9.83. The van der Waals surface area contributed by atoms with Gasteiger partial charge in [0.25, 0.3) is 0 Å². The van der Waals surface area contributed by atoms with Crippen LogP contribution < -0.4 is 10.6 Å². The molecule has 102 valence electrons. The van der Waals surface area contributed by atoms with Gasteiger partial charge in [-0.15, -0.1) is 12.4 Å². The molecule has 0 spiro atoms. The molecular formula is C12H17BrCl2N2O. The second-order valence-corrected chi connectivity index (χ2v) is 5.64. The molecule has 1 aliphatic rings. The fraction of sp³-hybridized carbons (Fsp3) is 0.500. The van der Waals surface area contributed by atoms with Crippen LogP contribution in [-0.2, 0) is 6.54 Å². The zero-order valence-corrected chi connectivity index (χ0v) is 13.0. The van der Waals surface area contributed by atoms with Gasteiger partial charge in [0.2, 0.25) is 0 Å². The molecular weight excluding hydrogens is 339 g/mol. The molecule has 1 saturated heterocycles. The lowest BCUT2D eigenvalue weighted by atomic mass is 10.1. The van der Waals surface area contributed by atoms with Gasteiger partial charge in [0.1, 0.15) is 0 Å². The van der Waals surface area contributed by atoms with Gasteiger partial charge in [0, 0.05) is 41.6 Å². The minimum absolute atomic E-state index is 0. The highest BCUT2D eigenvalue weighted by Crippen LogP contribution is 2.21. The minimum atomic E-state index is -0.226. The predicted molar refractivity (Wildman–Crippen MR) is 80.5 cm³/mol. The molecule has 1 fully saturated rings. The highest BCUT2D eigenvalue weighted by atomic mass is 79.9. The molecule has 3 N–H and O–H groups in total. The Morgan fingerprint density at radius 3 is 2.83 bits per heavy atom. The van der Waals surface area contributed by atoms with E-state index in [9.17, 15) is 5.11 Å². The van der Waals surface area contributed by atoms with Crippen molar-refractivity contribution < 1.29 is 5.11 Å². The second kappa shape index (κ2) is 7.68. The number of rotatable bonds is 4. The second-order valence-electron chi connectivity index (χ2n) is 4.35. The van der Waals surface area contributed by atoms with Gasteiger partial charge in [0.05, 0.1) is 6.10 Å². The molecule has 0 bridgehead atoms. The van der Waals surface area contributed by atoms with Crippen molar-refractivity contribution in [2.75, 3.05) is 19.6 Å². The number of β-amino-alcohol motifs (C(OH)–C–C–N with tert-alkyl or cyclic N) is 1. The van der Waals surface area contributed by atoms with Gasteiger partial charge >= 0.3 is 0 Å². The largest absolute Gasteiger partial charge is 0.391 e. The van der Waals surface area contributed by atoms with Crippen molar-refractivity contribution in [1.29, 1.82) is 0 Å². The third kappa shape index (κ3) is 4.37. The summed E-state index contributed by atoms with van der Waals surface area (Å²) in [5.74, 6) is 0.307. The van der Waals surface area contributed by atoms with Gasteiger partial charge in [-0.2, -0.15) is 0 Å². The van der Waals surface area contributed by atoms with Crippen LogP contribution in [0.5, 0.6) is 0 Å². The first-order valence-electron chi connectivity index (χ1n) is 5.70. The topological polar surface area (TPSA) is 44.3 Å². The first-order chi connectivity index (χ1) is 8.16. The average Bonchev–Trinajstić information content (AvgIpc) is 2.68. The summed E-state index contributed by atoms with van der Waals surface area (Å²) in [7, 11) is 0. The maximum atomic E-state index is 9.65. The Balaban J connectivity index is 0.00000162. The van der Waals surface area contributed by atoms with E-state index in [0.717, 1.165) is 29.1 Å². The number of hydrogen-bond acceptors (Lipinski definition) is 3. The summed E-state index contributed by atoms with van der Waals surface area (Å²) in [5.41, 5.74) is 1.18. The van der Waals surface area contributed by atoms with Gasteiger partial charge in [-0.1, -0.05) is 33.6 Å². The summed E-state index contributed by atoms with van der Waals surface area (Å²) in [6.45, 7) is 3.19. The zero-order chi connectivity index (χ0) is 12.3. The lowest BCUT2D eigenvalue weighted by Gasteiger charge is -2.14. The number of aliphatic hydroxyl groups is 1. The van der Waals surface area contributed by atoms with E-state index in [0.29, 0.717) is 12.5 Å². The lowest BCUT2D eigenvalue weighted by Crippen LogP contribution is -2.30. The molecule has 0 aliphatic carbocycles. The van der Waals surface area contributed by atoms with Gasteiger partial charge in [-0.3, -0.25) is 0 Å². The molecule has 2 rings (SSSR count). The molecule has 1 aromatic carbocycles. The van der Waals surface area contributed by atoms with E-state index in [1.807, 2.05) is 18.2 Å². The summed E-state index contributed by atoms with van der Waals surface area (Å²) < 4.78 is 1.02. The third-order valence-corrected chi connectivity index (χ3v) is 4.01. The lowest BCUT2D eigenvalue weighted by molar-refractivity contribution is 0.146. The monoisotopic (exact) mass is 354 g/mol. The Kier molecular flexibility index (Phi) is 6.92. The summed E-state index contributed by atoms with van der Waals surface area (Å²) in [5, 5.41) is 16.9. The van der Waals surface area contributed by atoms with Crippen LogP contribution in [0.2, 0.25) is 5.02 Å². The van der Waals surface area contributed by atoms with E-state index in [-0.39, 0.29) is 18.5 Å². The van der Waals surface area contributed by atoms with Crippen molar-refractivity contribution in [3.8, 4) is 0 Å². The highest BCUT2D eigenvalue weighted by molar-refractivity contribution is 9.10. The van der Waals surface area contributed by atoms with Crippen molar-refractivity contribution >= 4 is 39.9 Å². The number of nitrogens with one attached hydrogen (secondary N) is 2. The standard InChI is InChI=1S/C12H16BrClN2O.ClH/c13-11-3-10(14)2-1-8(11)4-15-5-9-6-16-7-12(9)17;/h1-3,9,12,15-17H,4-7H2;1H. The number of halogens is 3. The molecule has 0 aromatic heterocycles. The predicted octanol–water partition coefficient (Wildman–Crippen LogP) is 2.19. The highest BCUT2D eigenvalue weighted by Gasteiger charge is 2.23. The molecule has 0 saturated carbocycles. The maximum Gasteiger partial charge on any atom is 0.0716 e. The SMILES string of the molecule is Cl.OC1CNCC1CNCc1ccc(Cl)cc1Br. The number of aliphatic hydroxyl groups excluding tert-OH is 1. The van der Waals surface area contributed by atoms with E-state index < -0.39 is 0 Å². The maximum absolute atomic E-state index is 9.65. The van der Waals surface area contributed by atoms with Crippen molar-refractivity contribution in [1.82, 2.24) is 10.6 Å². The molecule has 1 aliphatic heterocycles. The minimum Gasteiger partial charge on any atom is -0.391 e. The van der Waals surface area contributed by atoms with Crippen LogP contribution in [0.4, 0.5) is 0 Å². The first kappa shape index (κ1) is 16.2. The van der Waals surface area contributed by atoms with E-state index in [2.05, 4.69) is 26.6 Å². The summed E-state index contributed by atoms with van der Waals surface area (Å²) in [6.07, 6.45) is -0.226. The third-order valence-electron chi connectivity index (χ3n) is 3.04. The average molecular weight is 356 g/mol. The summed E-state index contributed by atoms with van der Waals surface area (Å²) in [6, 6.07) is 5.78. The van der Waals surface area contributed by atoms with Crippen molar-refractivity contribution in [3.63, 3.8) is 0 Å². The summed E-state index contributed by atoms with van der Waals surface area (Å²) >= 11 is 9.37. The van der Waals surface area contributed by atoms with E-state index in [1.165, 1.54) is 5.56 Å². The van der Waals surface area contributed by atoms with E-state index in [1.54, 1.807) is 0 Å². The molecule has 0 radical (unpaired) electrons. The van der Waals surface area contributed by atoms with Crippen LogP contribution in [0.15, 0.2) is 22.7 Å². The van der Waals surface area contributed by atoms with Crippen LogP contribution >= 0.6 is 39.9 Å². The first-order valence-corrected chi connectivity index (χ1v) is 6.87. The van der Waals surface area contributed by atoms with Crippen LogP contribution in [-0.4, -0.2) is 30.8 Å². The van der Waals surface area contributed by atoms with Crippen LogP contribution in [0.25, 0.3) is 0 Å². The molecule has 1 heterocycles. The van der Waals surface area contributed by atoms with Gasteiger partial charge < -0.3 is 15.7 Å². The molecule has 18 heavy (non-hydrogen) atoms. The Morgan fingerprint density at radius 2 is 2.22 bits per heavy atom. The number of benzene rings is 1. The fourth-order valence-corrected chi connectivity index (χ4v) is 2.81. The molecule has 1 aromatic rings. The van der Waals surface area contributed by atoms with E-state index in [4.69, 9.17) is 11.6 Å². The summed E-state index contributed by atoms with van der Waals surface area (Å²) in [4.78, 5) is 0. The molecule has 0 amide bonds. The van der Waals surface area contributed by atoms with Crippen LogP contribution in [0, 0.1) is 5.92 Å². The number of hydrogen-bond donors (Lipinski definition) is 3. The Labute approximate surface area is 127 Å². The van der Waals surface area contributed by atoms with Crippen molar-refractivity contribution in [2.45, 2.75) is 12.6 Å². The molecule has 2 unspecified atom stereocenters. The normalized spacial score (nSPS) is 22.8. The Bertz CT molecular complexity index is 392. The van der Waals surface area contributed by atoms with Crippen LogP contribution in [0.3, 0.4) is 0 Å². The molecule has 2 atom stereocenters. The van der Waals surface area contributed by atoms with Gasteiger partial charge in [-0.05, 0) is 17.7 Å². The fourth-order valence-electron chi connectivity index (χ4n) is 1.98. The Hall–Kier alpha value is 0.160. The quantitative estimate of drug-likeness (QED) is 0.775. The molecule has 3 nitrogen and oxygen atoms in total. The van der Waals surface area contributed by atoms with E-state index >= 15 is 0 Å². The Morgan fingerprint density at radius 1 is 1.44 bits per heavy atom. The smallest absolute Gasteiger partial charge is 0.0716 e. The van der Waals surface area contributed by atoms with Crippen molar-refractivity contribution in [2.24, 2.45) is 5.92 Å². The van der Waals surface area contributed by atoms with Gasteiger partial charge in [-0.25, -0.2) is 0 Å². The van der Waals surface area contributed by atoms with Gasteiger partial charge in [0.15, 0.2) is 0 Å². The van der Waals surface area contributed by atoms with Crippen molar-refractivity contribution in [3.05, 3.63) is 33.3 Å². The van der Waals surface area contributed by atoms with Crippen LogP contribution in [0.1, 0.15) is 5.56 Å².